The minimum Gasteiger partial charge on any atom is -0.507 e. The maximum Gasteiger partial charge on any atom is 0.436 e. The zero-order valence-corrected chi connectivity index (χ0v) is 45.0. The zero-order chi connectivity index (χ0) is 52.7. The Bertz CT molecular complexity index is 4190. The first-order valence-corrected chi connectivity index (χ1v) is 25.0. The van der Waals surface area contributed by atoms with Crippen molar-refractivity contribution in [3.63, 3.8) is 0 Å². The average Bonchev–Trinajstić information content (AvgIpc) is 4.24. The fraction of sp³-hybridized carbons (Fsp3) is 0.138. The molecule has 7 aromatic carbocycles. The molecular formula is C65H49F3N5O3Pt-. The Hall–Kier alpha value is -8.40. The minimum atomic E-state index is -4.63. The van der Waals surface area contributed by atoms with Crippen LogP contribution in [0.3, 0.4) is 0 Å². The Morgan fingerprint density at radius 3 is 1.95 bits per heavy atom. The Morgan fingerprint density at radius 1 is 0.571 bits per heavy atom. The van der Waals surface area contributed by atoms with Crippen molar-refractivity contribution in [3.05, 3.63) is 205 Å². The molecule has 0 spiro atoms. The third kappa shape index (κ3) is 9.33. The van der Waals surface area contributed by atoms with Crippen LogP contribution < -0.4 is 0 Å². The van der Waals surface area contributed by atoms with E-state index >= 15 is 0 Å². The van der Waals surface area contributed by atoms with Gasteiger partial charge in [0.1, 0.15) is 17.6 Å². The largest absolute Gasteiger partial charge is 0.507 e. The number of imidazole rings is 1. The van der Waals surface area contributed by atoms with Crippen LogP contribution in [0.2, 0.25) is 0 Å². The molecule has 12 heteroatoms. The summed E-state index contributed by atoms with van der Waals surface area (Å²) in [5, 5.41) is 14.4. The molecule has 0 aliphatic rings. The fourth-order valence-electron chi connectivity index (χ4n) is 9.97. The number of nitrogens with zero attached hydrogens (tertiary/aromatic N) is 5. The number of para-hydroxylation sites is 2. The predicted octanol–water partition coefficient (Wildman–Crippen LogP) is 17.5. The van der Waals surface area contributed by atoms with Gasteiger partial charge in [-0.15, -0.1) is 29.3 Å². The van der Waals surface area contributed by atoms with Crippen LogP contribution in [0.4, 0.5) is 13.2 Å². The molecule has 0 atom stereocenters. The molecule has 8 nitrogen and oxygen atoms in total. The number of fused-ring (bicyclic) bond motifs is 4. The Labute approximate surface area is 457 Å². The van der Waals surface area contributed by atoms with Crippen molar-refractivity contribution in [2.75, 3.05) is 0 Å². The second-order valence-electron chi connectivity index (χ2n) is 21.1. The molecule has 0 amide bonds. The van der Waals surface area contributed by atoms with Crippen molar-refractivity contribution < 1.29 is 48.2 Å². The van der Waals surface area contributed by atoms with Crippen molar-refractivity contribution in [1.29, 1.82) is 0 Å². The van der Waals surface area contributed by atoms with E-state index in [-0.39, 0.29) is 38.1 Å². The van der Waals surface area contributed by atoms with Crippen molar-refractivity contribution in [2.24, 2.45) is 0 Å². The number of hydrogen-bond donors (Lipinski definition) is 1. The molecule has 0 aliphatic heterocycles. The molecule has 12 rings (SSSR count). The van der Waals surface area contributed by atoms with Crippen LogP contribution in [0.25, 0.3) is 118 Å². The van der Waals surface area contributed by atoms with Crippen molar-refractivity contribution in [1.82, 2.24) is 24.5 Å². The summed E-state index contributed by atoms with van der Waals surface area (Å²) in [5.74, 6) is 0.340. The smallest absolute Gasteiger partial charge is 0.436 e. The maximum atomic E-state index is 13.3. The molecule has 0 saturated carbocycles. The predicted molar refractivity (Wildman–Crippen MR) is 295 cm³/mol. The molecule has 12 aromatic rings. The molecule has 0 bridgehead atoms. The van der Waals surface area contributed by atoms with Gasteiger partial charge >= 0.3 is 6.18 Å². The number of aromatic hydroxyl groups is 1. The number of rotatable bonds is 8. The second kappa shape index (κ2) is 19.3. The topological polar surface area (TPSA) is 103 Å². The van der Waals surface area contributed by atoms with Crippen LogP contribution in [-0.2, 0) is 38.1 Å². The minimum absolute atomic E-state index is 0. The van der Waals surface area contributed by atoms with Crippen LogP contribution in [0, 0.1) is 6.07 Å². The number of benzene rings is 7. The second-order valence-corrected chi connectivity index (χ2v) is 21.1. The standard InChI is InChI=1S/C65H49F3N5O3.Pt/c1-63(2,3)45-33-43(32-44(34-45)52-35-42(30-31-69-52)38-16-9-7-10-17-38)47-21-15-23-54-57(47)72-60(73(54)53-22-14-13-20-46(53)39-18-11-8-12-19-39)56-58(74)50(64(4,5)6)36-49-48-28-29-51(70-62(48)76-59(49)56)40-24-26-41(27-25-40)61-71-55(37-75-61)65(66,67)68;/h7-31,33-37,74H,1-6H3;/q-1;. The molecule has 0 unspecified atom stereocenters. The van der Waals surface area contributed by atoms with Crippen molar-refractivity contribution in [3.8, 4) is 90.2 Å². The molecule has 5 heterocycles. The summed E-state index contributed by atoms with van der Waals surface area (Å²) in [4.78, 5) is 19.2. The first kappa shape index (κ1) is 50.7. The number of phenols is 1. The molecule has 384 valence electrons. The third-order valence-electron chi connectivity index (χ3n) is 13.9. The number of pyridine rings is 2. The van der Waals surface area contributed by atoms with E-state index in [0.29, 0.717) is 56.8 Å². The van der Waals surface area contributed by atoms with E-state index in [9.17, 15) is 18.3 Å². The Morgan fingerprint density at radius 2 is 1.25 bits per heavy atom. The summed E-state index contributed by atoms with van der Waals surface area (Å²) in [6, 6.07) is 59.8. The molecule has 0 aliphatic carbocycles. The summed E-state index contributed by atoms with van der Waals surface area (Å²) >= 11 is 0. The van der Waals surface area contributed by atoms with Gasteiger partial charge < -0.3 is 13.9 Å². The first-order chi connectivity index (χ1) is 36.5. The Balaban J connectivity index is 0.00000631. The van der Waals surface area contributed by atoms with Gasteiger partial charge in [0.25, 0.3) is 0 Å². The molecular weight excluding hydrogens is 1150 g/mol. The summed E-state index contributed by atoms with van der Waals surface area (Å²) in [7, 11) is 0. The SMILES string of the molecule is CC(C)(C)c1cc(-c2cc(-c3ccccc3)ccn2)[c-]c(-c2cccc3c2nc(-c2c(O)c(C(C)(C)C)cc4c2oc2nc(-c5ccc(-c6nc(C(F)(F)F)co6)cc5)ccc24)n3-c2ccccc2-c2ccccc2)c1.[Pt]. The molecule has 0 fully saturated rings. The van der Waals surface area contributed by atoms with Gasteiger partial charge in [0.05, 0.1) is 22.4 Å². The van der Waals surface area contributed by atoms with E-state index in [1.54, 1.807) is 24.3 Å². The van der Waals surface area contributed by atoms with Gasteiger partial charge in [-0.05, 0) is 76.1 Å². The summed E-state index contributed by atoms with van der Waals surface area (Å²) < 4.78 is 54.2. The van der Waals surface area contributed by atoms with E-state index in [1.807, 2.05) is 85.1 Å². The van der Waals surface area contributed by atoms with Gasteiger partial charge in [0, 0.05) is 66.0 Å². The van der Waals surface area contributed by atoms with Gasteiger partial charge in [0.15, 0.2) is 17.1 Å². The van der Waals surface area contributed by atoms with Crippen LogP contribution in [-0.4, -0.2) is 29.6 Å². The normalized spacial score (nSPS) is 12.2. The van der Waals surface area contributed by atoms with Gasteiger partial charge in [-0.3, -0.25) is 9.55 Å². The number of hydrogen-bond acceptors (Lipinski definition) is 7. The van der Waals surface area contributed by atoms with E-state index in [2.05, 4.69) is 124 Å². The zero-order valence-electron chi connectivity index (χ0n) is 42.8. The van der Waals surface area contributed by atoms with Gasteiger partial charge in [-0.2, -0.15) is 13.2 Å². The van der Waals surface area contributed by atoms with E-state index < -0.39 is 17.3 Å². The van der Waals surface area contributed by atoms with Gasteiger partial charge in [-0.1, -0.05) is 162 Å². The average molecular weight is 1200 g/mol. The summed E-state index contributed by atoms with van der Waals surface area (Å²) in [5.41, 5.74) is 12.4. The maximum absolute atomic E-state index is 13.3. The molecule has 1 N–H and O–H groups in total. The van der Waals surface area contributed by atoms with E-state index in [1.165, 1.54) is 0 Å². The molecule has 77 heavy (non-hydrogen) atoms. The molecule has 5 aromatic heterocycles. The van der Waals surface area contributed by atoms with Crippen molar-refractivity contribution in [2.45, 2.75) is 58.5 Å². The van der Waals surface area contributed by atoms with Crippen LogP contribution >= 0.6 is 0 Å². The molecule has 0 radical (unpaired) electrons. The van der Waals surface area contributed by atoms with Gasteiger partial charge in [-0.25, -0.2) is 15.0 Å². The summed E-state index contributed by atoms with van der Waals surface area (Å²) in [6.45, 7) is 12.8. The van der Waals surface area contributed by atoms with E-state index in [0.717, 1.165) is 72.2 Å². The number of phenolic OH excluding ortho intramolecular Hbond substituents is 1. The summed E-state index contributed by atoms with van der Waals surface area (Å²) in [6.07, 6.45) is -2.17. The van der Waals surface area contributed by atoms with E-state index in [4.69, 9.17) is 23.8 Å². The first-order valence-electron chi connectivity index (χ1n) is 25.0. The number of alkyl halides is 3. The third-order valence-corrected chi connectivity index (χ3v) is 13.9. The number of aromatic nitrogens is 5. The van der Waals surface area contributed by atoms with Crippen LogP contribution in [0.1, 0.15) is 58.4 Å². The monoisotopic (exact) mass is 1200 g/mol. The quantitative estimate of drug-likeness (QED) is 0.151. The van der Waals surface area contributed by atoms with Crippen LogP contribution in [0.15, 0.2) is 191 Å². The fourth-order valence-corrected chi connectivity index (χ4v) is 9.97. The number of furan rings is 1. The number of halogens is 3. The number of oxazole rings is 1. The molecule has 0 saturated heterocycles. The van der Waals surface area contributed by atoms with Gasteiger partial charge in [0.2, 0.25) is 11.6 Å². The van der Waals surface area contributed by atoms with Crippen LogP contribution in [0.5, 0.6) is 5.75 Å². The van der Waals surface area contributed by atoms with Crippen molar-refractivity contribution >= 4 is 33.1 Å². The Kier molecular flexibility index (Phi) is 12.7.